The van der Waals surface area contributed by atoms with Crippen LogP contribution in [0.5, 0.6) is 0 Å². The highest BCUT2D eigenvalue weighted by molar-refractivity contribution is 7.89. The van der Waals surface area contributed by atoms with Gasteiger partial charge in [-0.1, -0.05) is 37.3 Å². The van der Waals surface area contributed by atoms with Gasteiger partial charge in [-0.2, -0.15) is 4.31 Å². The molecule has 0 bridgehead atoms. The van der Waals surface area contributed by atoms with E-state index in [0.717, 1.165) is 25.1 Å². The fourth-order valence-electron chi connectivity index (χ4n) is 2.26. The van der Waals surface area contributed by atoms with Gasteiger partial charge in [0.05, 0.1) is 5.75 Å². The maximum atomic E-state index is 12.4. The number of nitrogens with one attached hydrogen (secondary N) is 1. The summed E-state index contributed by atoms with van der Waals surface area (Å²) in [6.07, 6.45) is 1.45. The van der Waals surface area contributed by atoms with Crippen LogP contribution in [-0.2, 0) is 16.4 Å². The second-order valence-electron chi connectivity index (χ2n) is 4.97. The zero-order chi connectivity index (χ0) is 13.7. The maximum absolute atomic E-state index is 12.4. The fourth-order valence-corrected chi connectivity index (χ4v) is 4.05. The first-order chi connectivity index (χ1) is 9.13. The molecule has 0 amide bonds. The first-order valence-electron chi connectivity index (χ1n) is 6.87. The lowest BCUT2D eigenvalue weighted by molar-refractivity contribution is 0.242. The second-order valence-corrected chi connectivity index (χ2v) is 7.02. The standard InChI is InChI=1S/C14H22N2O2S/c1-2-9-16(14-11-15-12-14)19(17,18)10-8-13-6-4-3-5-7-13/h3-7,14-15H,2,8-12H2,1H3. The molecule has 0 atom stereocenters. The van der Waals surface area contributed by atoms with Crippen LogP contribution in [0.3, 0.4) is 0 Å². The Hall–Kier alpha value is -0.910. The van der Waals surface area contributed by atoms with E-state index >= 15 is 0 Å². The highest BCUT2D eigenvalue weighted by atomic mass is 32.2. The van der Waals surface area contributed by atoms with E-state index in [1.165, 1.54) is 0 Å². The SMILES string of the molecule is CCCN(C1CNC1)S(=O)(=O)CCc1ccccc1. The smallest absolute Gasteiger partial charge is 0.214 e. The van der Waals surface area contributed by atoms with Gasteiger partial charge in [0.1, 0.15) is 0 Å². The summed E-state index contributed by atoms with van der Waals surface area (Å²) in [5.74, 6) is 0.202. The Bertz CT molecular complexity index is 483. The third-order valence-corrected chi connectivity index (χ3v) is 5.38. The number of benzene rings is 1. The van der Waals surface area contributed by atoms with Crippen molar-refractivity contribution in [3.8, 4) is 0 Å². The monoisotopic (exact) mass is 282 g/mol. The van der Waals surface area contributed by atoms with E-state index in [1.54, 1.807) is 4.31 Å². The minimum absolute atomic E-state index is 0.153. The van der Waals surface area contributed by atoms with Gasteiger partial charge in [0.15, 0.2) is 0 Å². The van der Waals surface area contributed by atoms with Crippen LogP contribution in [0.25, 0.3) is 0 Å². The lowest BCUT2D eigenvalue weighted by Crippen LogP contribution is -2.59. The van der Waals surface area contributed by atoms with E-state index in [-0.39, 0.29) is 11.8 Å². The Kier molecular flexibility index (Phi) is 4.96. The van der Waals surface area contributed by atoms with Crippen molar-refractivity contribution in [3.05, 3.63) is 35.9 Å². The van der Waals surface area contributed by atoms with Crippen LogP contribution in [0, 0.1) is 0 Å². The number of sulfonamides is 1. The molecular weight excluding hydrogens is 260 g/mol. The summed E-state index contributed by atoms with van der Waals surface area (Å²) in [5.41, 5.74) is 1.08. The largest absolute Gasteiger partial charge is 0.313 e. The molecule has 0 aliphatic carbocycles. The van der Waals surface area contributed by atoms with E-state index in [2.05, 4.69) is 5.32 Å². The van der Waals surface area contributed by atoms with Crippen LogP contribution in [0.2, 0.25) is 0 Å². The molecule has 0 aromatic heterocycles. The lowest BCUT2D eigenvalue weighted by Gasteiger charge is -2.37. The van der Waals surface area contributed by atoms with Gasteiger partial charge >= 0.3 is 0 Å². The topological polar surface area (TPSA) is 49.4 Å². The average Bonchev–Trinajstić information content (AvgIpc) is 2.35. The fraction of sp³-hybridized carbons (Fsp3) is 0.571. The molecule has 4 nitrogen and oxygen atoms in total. The molecule has 1 heterocycles. The summed E-state index contributed by atoms with van der Waals surface area (Å²) in [7, 11) is -3.15. The van der Waals surface area contributed by atoms with Crippen LogP contribution in [0.15, 0.2) is 30.3 Å². The lowest BCUT2D eigenvalue weighted by atomic mass is 10.2. The number of aryl methyl sites for hydroxylation is 1. The minimum Gasteiger partial charge on any atom is -0.313 e. The summed E-state index contributed by atoms with van der Waals surface area (Å²) in [6, 6.07) is 9.94. The van der Waals surface area contributed by atoms with Crippen molar-refractivity contribution in [2.75, 3.05) is 25.4 Å². The van der Waals surface area contributed by atoms with E-state index in [4.69, 9.17) is 0 Å². The van der Waals surface area contributed by atoms with E-state index < -0.39 is 10.0 Å². The van der Waals surface area contributed by atoms with E-state index in [0.29, 0.717) is 13.0 Å². The third-order valence-electron chi connectivity index (χ3n) is 3.46. The molecule has 1 aromatic carbocycles. The molecule has 1 aliphatic heterocycles. The van der Waals surface area contributed by atoms with Gasteiger partial charge in [0, 0.05) is 25.7 Å². The van der Waals surface area contributed by atoms with Crippen LogP contribution in [0.1, 0.15) is 18.9 Å². The van der Waals surface area contributed by atoms with Crippen molar-refractivity contribution in [2.45, 2.75) is 25.8 Å². The van der Waals surface area contributed by atoms with Crippen molar-refractivity contribution < 1.29 is 8.42 Å². The van der Waals surface area contributed by atoms with Crippen molar-refractivity contribution in [1.82, 2.24) is 9.62 Å². The summed E-state index contributed by atoms with van der Waals surface area (Å²) in [4.78, 5) is 0. The summed E-state index contributed by atoms with van der Waals surface area (Å²) < 4.78 is 26.5. The molecule has 5 heteroatoms. The van der Waals surface area contributed by atoms with Crippen molar-refractivity contribution in [3.63, 3.8) is 0 Å². The second kappa shape index (κ2) is 6.50. The first-order valence-corrected chi connectivity index (χ1v) is 8.48. The third kappa shape index (κ3) is 3.78. The Morgan fingerprint density at radius 3 is 2.47 bits per heavy atom. The average molecular weight is 282 g/mol. The van der Waals surface area contributed by atoms with Crippen molar-refractivity contribution in [2.24, 2.45) is 0 Å². The predicted octanol–water partition coefficient (Wildman–Crippen LogP) is 1.24. The molecule has 0 radical (unpaired) electrons. The molecule has 1 aliphatic rings. The van der Waals surface area contributed by atoms with Crippen LogP contribution < -0.4 is 5.32 Å². The molecule has 2 rings (SSSR count). The number of rotatable bonds is 7. The molecule has 106 valence electrons. The number of hydrogen-bond donors (Lipinski definition) is 1. The molecule has 0 spiro atoms. The minimum atomic E-state index is -3.15. The zero-order valence-electron chi connectivity index (χ0n) is 11.4. The zero-order valence-corrected chi connectivity index (χ0v) is 12.2. The summed E-state index contributed by atoms with van der Waals surface area (Å²) >= 11 is 0. The number of nitrogens with zero attached hydrogens (tertiary/aromatic N) is 1. The van der Waals surface area contributed by atoms with Gasteiger partial charge in [0.2, 0.25) is 10.0 Å². The van der Waals surface area contributed by atoms with Crippen LogP contribution in [-0.4, -0.2) is 44.2 Å². The maximum Gasteiger partial charge on any atom is 0.214 e. The quantitative estimate of drug-likeness (QED) is 0.818. The molecular formula is C14H22N2O2S. The normalized spacial score (nSPS) is 16.5. The van der Waals surface area contributed by atoms with E-state index in [9.17, 15) is 8.42 Å². The van der Waals surface area contributed by atoms with Crippen molar-refractivity contribution >= 4 is 10.0 Å². The van der Waals surface area contributed by atoms with Gasteiger partial charge in [-0.3, -0.25) is 0 Å². The molecule has 1 fully saturated rings. The van der Waals surface area contributed by atoms with Crippen LogP contribution in [0.4, 0.5) is 0 Å². The first kappa shape index (κ1) is 14.5. The summed E-state index contributed by atoms with van der Waals surface area (Å²) in [6.45, 7) is 4.21. The molecule has 1 N–H and O–H groups in total. The summed E-state index contributed by atoms with van der Waals surface area (Å²) in [5, 5.41) is 3.14. The highest BCUT2D eigenvalue weighted by Crippen LogP contribution is 2.14. The Labute approximate surface area is 115 Å². The highest BCUT2D eigenvalue weighted by Gasteiger charge is 2.32. The van der Waals surface area contributed by atoms with Gasteiger partial charge in [-0.15, -0.1) is 0 Å². The van der Waals surface area contributed by atoms with Crippen LogP contribution >= 0.6 is 0 Å². The van der Waals surface area contributed by atoms with Crippen molar-refractivity contribution in [1.29, 1.82) is 0 Å². The van der Waals surface area contributed by atoms with Gasteiger partial charge in [-0.25, -0.2) is 8.42 Å². The molecule has 1 aromatic rings. The predicted molar refractivity (Wildman–Crippen MR) is 77.6 cm³/mol. The van der Waals surface area contributed by atoms with Gasteiger partial charge in [-0.05, 0) is 18.4 Å². The van der Waals surface area contributed by atoms with Gasteiger partial charge in [0.25, 0.3) is 0 Å². The molecule has 0 unspecified atom stereocenters. The molecule has 1 saturated heterocycles. The van der Waals surface area contributed by atoms with Gasteiger partial charge < -0.3 is 5.32 Å². The number of hydrogen-bond acceptors (Lipinski definition) is 3. The molecule has 19 heavy (non-hydrogen) atoms. The molecule has 0 saturated carbocycles. The Morgan fingerprint density at radius 2 is 1.95 bits per heavy atom. The Balaban J connectivity index is 1.99. The Morgan fingerprint density at radius 1 is 1.26 bits per heavy atom. The van der Waals surface area contributed by atoms with E-state index in [1.807, 2.05) is 37.3 Å².